The molecule has 2 aromatic carbocycles. The van der Waals surface area contributed by atoms with Crippen molar-refractivity contribution in [2.75, 3.05) is 5.75 Å². The van der Waals surface area contributed by atoms with Gasteiger partial charge in [0.05, 0.1) is 0 Å². The summed E-state index contributed by atoms with van der Waals surface area (Å²) in [5, 5.41) is 9.58. The topological polar surface area (TPSA) is 39.9 Å². The normalized spacial score (nSPS) is 10.6. The summed E-state index contributed by atoms with van der Waals surface area (Å²) in [7, 11) is 0. The molecule has 7 heteroatoms. The number of para-hydroxylation sites is 2. The van der Waals surface area contributed by atoms with Crippen LogP contribution in [0.2, 0.25) is 0 Å². The molecular weight excluding hydrogens is 361 g/mol. The maximum Gasteiger partial charge on any atom is 0.196 e. The second kappa shape index (κ2) is 8.18. The van der Waals surface area contributed by atoms with Gasteiger partial charge in [0, 0.05) is 16.5 Å². The number of nitrogens with zero attached hydrogens (tertiary/aromatic N) is 3. The number of thioether (sulfide) groups is 1. The monoisotopic (exact) mass is 375 g/mol. The van der Waals surface area contributed by atoms with Gasteiger partial charge in [0.15, 0.2) is 22.5 Å². The van der Waals surface area contributed by atoms with Crippen molar-refractivity contribution >= 4 is 23.4 Å². The van der Waals surface area contributed by atoms with Crippen molar-refractivity contribution in [2.45, 2.75) is 11.8 Å². The third-order valence-corrected chi connectivity index (χ3v) is 4.57. The van der Waals surface area contributed by atoms with Crippen LogP contribution in [0.5, 0.6) is 5.75 Å². The molecule has 3 rings (SSSR count). The van der Waals surface area contributed by atoms with Crippen molar-refractivity contribution < 1.29 is 9.13 Å². The van der Waals surface area contributed by atoms with Crippen molar-refractivity contribution in [3.8, 4) is 11.4 Å². The van der Waals surface area contributed by atoms with E-state index in [4.69, 9.17) is 16.3 Å². The first-order valence-corrected chi connectivity index (χ1v) is 8.84. The van der Waals surface area contributed by atoms with E-state index in [1.807, 2.05) is 34.9 Å². The molecule has 0 fully saturated rings. The Hall–Kier alpha value is -2.31. The number of aromatic nitrogens is 3. The SMILES string of the molecule is C=C(Cl)CSc1nnc(COc2ccccc2F)n1-c1ccccc1. The van der Waals surface area contributed by atoms with Crippen LogP contribution in [0.25, 0.3) is 5.69 Å². The zero-order valence-electron chi connectivity index (χ0n) is 13.2. The maximum absolute atomic E-state index is 13.7. The predicted octanol–water partition coefficient (Wildman–Crippen LogP) is 4.83. The molecule has 0 N–H and O–H groups in total. The summed E-state index contributed by atoms with van der Waals surface area (Å²) in [4.78, 5) is 0. The molecule has 1 heterocycles. The van der Waals surface area contributed by atoms with Gasteiger partial charge in [0.25, 0.3) is 0 Å². The quantitative estimate of drug-likeness (QED) is 0.554. The van der Waals surface area contributed by atoms with E-state index < -0.39 is 5.82 Å². The third-order valence-electron chi connectivity index (χ3n) is 3.27. The van der Waals surface area contributed by atoms with Crippen molar-refractivity contribution in [3.63, 3.8) is 0 Å². The van der Waals surface area contributed by atoms with Crippen molar-refractivity contribution in [2.24, 2.45) is 0 Å². The Morgan fingerprint density at radius 1 is 1.12 bits per heavy atom. The number of benzene rings is 2. The molecule has 0 saturated carbocycles. The Bertz CT molecular complexity index is 870. The second-order valence-corrected chi connectivity index (χ2v) is 6.57. The maximum atomic E-state index is 13.7. The molecule has 0 saturated heterocycles. The van der Waals surface area contributed by atoms with Gasteiger partial charge in [-0.05, 0) is 24.3 Å². The summed E-state index contributed by atoms with van der Waals surface area (Å²) in [5.41, 5.74) is 0.891. The lowest BCUT2D eigenvalue weighted by molar-refractivity contribution is 0.278. The lowest BCUT2D eigenvalue weighted by Gasteiger charge is -2.11. The lowest BCUT2D eigenvalue weighted by atomic mass is 10.3. The van der Waals surface area contributed by atoms with E-state index in [0.29, 0.717) is 21.8 Å². The Morgan fingerprint density at radius 2 is 1.84 bits per heavy atom. The number of hydrogen-bond acceptors (Lipinski definition) is 4. The van der Waals surface area contributed by atoms with E-state index in [2.05, 4.69) is 16.8 Å². The molecule has 0 spiro atoms. The van der Waals surface area contributed by atoms with Crippen LogP contribution in [0, 0.1) is 5.82 Å². The van der Waals surface area contributed by atoms with Gasteiger partial charge in [-0.15, -0.1) is 10.2 Å². The minimum atomic E-state index is -0.415. The summed E-state index contributed by atoms with van der Waals surface area (Å²) < 4.78 is 21.2. The summed E-state index contributed by atoms with van der Waals surface area (Å²) in [6, 6.07) is 15.9. The molecule has 1 aromatic heterocycles. The van der Waals surface area contributed by atoms with Gasteiger partial charge < -0.3 is 4.74 Å². The largest absolute Gasteiger partial charge is 0.483 e. The van der Waals surface area contributed by atoms with E-state index in [9.17, 15) is 4.39 Å². The van der Waals surface area contributed by atoms with Crippen LogP contribution < -0.4 is 4.74 Å². The molecule has 4 nitrogen and oxygen atoms in total. The molecule has 0 unspecified atom stereocenters. The first-order chi connectivity index (χ1) is 12.1. The van der Waals surface area contributed by atoms with Gasteiger partial charge in [-0.2, -0.15) is 0 Å². The third kappa shape index (κ3) is 4.41. The number of halogens is 2. The molecule has 0 aliphatic carbocycles. The van der Waals surface area contributed by atoms with Crippen molar-refractivity contribution in [3.05, 3.63) is 77.9 Å². The molecule has 0 atom stereocenters. The molecule has 0 aliphatic rings. The first kappa shape index (κ1) is 17.5. The molecule has 0 amide bonds. The molecular formula is C18H15ClFN3OS. The lowest BCUT2D eigenvalue weighted by Crippen LogP contribution is -2.07. The van der Waals surface area contributed by atoms with Gasteiger partial charge in [0.1, 0.15) is 6.61 Å². The molecule has 128 valence electrons. The van der Waals surface area contributed by atoms with Crippen molar-refractivity contribution in [1.29, 1.82) is 0 Å². The van der Waals surface area contributed by atoms with Crippen LogP contribution in [-0.2, 0) is 6.61 Å². The Labute approximate surface area is 154 Å². The van der Waals surface area contributed by atoms with E-state index in [1.165, 1.54) is 17.8 Å². The summed E-state index contributed by atoms with van der Waals surface area (Å²) in [5.74, 6) is 0.840. The van der Waals surface area contributed by atoms with Crippen molar-refractivity contribution in [1.82, 2.24) is 14.8 Å². The summed E-state index contributed by atoms with van der Waals surface area (Å²) in [6.45, 7) is 3.77. The van der Waals surface area contributed by atoms with Crippen LogP contribution in [0.1, 0.15) is 5.82 Å². The zero-order valence-corrected chi connectivity index (χ0v) is 14.8. The molecule has 0 radical (unpaired) electrons. The van der Waals surface area contributed by atoms with E-state index >= 15 is 0 Å². The smallest absolute Gasteiger partial charge is 0.196 e. The van der Waals surface area contributed by atoms with E-state index in [-0.39, 0.29) is 12.4 Å². The fourth-order valence-corrected chi connectivity index (χ4v) is 3.06. The van der Waals surface area contributed by atoms with Crippen LogP contribution >= 0.6 is 23.4 Å². The van der Waals surface area contributed by atoms with Crippen LogP contribution in [0.15, 0.2) is 71.4 Å². The zero-order chi connectivity index (χ0) is 17.6. The highest BCUT2D eigenvalue weighted by atomic mass is 35.5. The highest BCUT2D eigenvalue weighted by Crippen LogP contribution is 2.25. The minimum Gasteiger partial charge on any atom is -0.483 e. The Morgan fingerprint density at radius 3 is 2.56 bits per heavy atom. The highest BCUT2D eigenvalue weighted by Gasteiger charge is 2.15. The predicted molar refractivity (Wildman–Crippen MR) is 97.8 cm³/mol. The van der Waals surface area contributed by atoms with Gasteiger partial charge in [0.2, 0.25) is 0 Å². The van der Waals surface area contributed by atoms with Crippen LogP contribution in [0.3, 0.4) is 0 Å². The van der Waals surface area contributed by atoms with E-state index in [1.54, 1.807) is 18.2 Å². The average molecular weight is 376 g/mol. The average Bonchev–Trinajstić information content (AvgIpc) is 3.03. The standard InChI is InChI=1S/C18H15ClFN3OS/c1-13(19)12-25-18-22-21-17(23(18)14-7-3-2-4-8-14)11-24-16-10-6-5-9-15(16)20/h2-10H,1,11-12H2. The van der Waals surface area contributed by atoms with Crippen LogP contribution in [0.4, 0.5) is 4.39 Å². The first-order valence-electron chi connectivity index (χ1n) is 7.48. The summed E-state index contributed by atoms with van der Waals surface area (Å²) in [6.07, 6.45) is 0. The number of rotatable bonds is 7. The molecule has 25 heavy (non-hydrogen) atoms. The summed E-state index contributed by atoms with van der Waals surface area (Å²) >= 11 is 7.28. The fraction of sp³-hybridized carbons (Fsp3) is 0.111. The van der Waals surface area contributed by atoms with E-state index in [0.717, 1.165) is 5.69 Å². The number of hydrogen-bond donors (Lipinski definition) is 0. The second-order valence-electron chi connectivity index (χ2n) is 5.09. The molecule has 0 bridgehead atoms. The van der Waals surface area contributed by atoms with Crippen LogP contribution in [-0.4, -0.2) is 20.5 Å². The van der Waals surface area contributed by atoms with Gasteiger partial charge in [-0.25, -0.2) is 4.39 Å². The fourth-order valence-electron chi connectivity index (χ4n) is 2.17. The van der Waals surface area contributed by atoms with Gasteiger partial charge >= 0.3 is 0 Å². The number of ether oxygens (including phenoxy) is 1. The highest BCUT2D eigenvalue weighted by molar-refractivity contribution is 7.99. The Balaban J connectivity index is 1.88. The van der Waals surface area contributed by atoms with Gasteiger partial charge in [-0.3, -0.25) is 4.57 Å². The minimum absolute atomic E-state index is 0.0885. The molecule has 0 aliphatic heterocycles. The van der Waals surface area contributed by atoms with Gasteiger partial charge in [-0.1, -0.05) is 60.3 Å². The molecule has 3 aromatic rings. The Kier molecular flexibility index (Phi) is 5.73.